The maximum atomic E-state index is 13.5. The van der Waals surface area contributed by atoms with Gasteiger partial charge in [-0.1, -0.05) is 26.0 Å². The molecule has 0 saturated carbocycles. The number of nitrogens with one attached hydrogen (secondary N) is 4. The SMILES string of the molecule is CC(C)C[C@H](NC(=O)[C@H](Cc1ccc(O)cc1)NC(=O)[C@@H](N)CCCN=C(N)N)C(=O)NCCCC(=O)N[C@H](C(=O)O)[C@@H](C)O. The number of hydrogen-bond acceptors (Lipinski definition) is 9. The second-order valence-corrected chi connectivity index (χ2v) is 11.2. The molecule has 5 atom stereocenters. The fourth-order valence-corrected chi connectivity index (χ4v) is 4.20. The number of aliphatic hydroxyl groups is 1. The number of aliphatic carboxylic acids is 1. The quantitative estimate of drug-likeness (QED) is 0.0432. The van der Waals surface area contributed by atoms with Crippen LogP contribution >= 0.6 is 0 Å². The molecule has 16 heteroatoms. The third-order valence-electron chi connectivity index (χ3n) is 6.60. The van der Waals surface area contributed by atoms with Crippen LogP contribution in [0.15, 0.2) is 29.3 Å². The molecule has 0 bridgehead atoms. The molecule has 0 aliphatic carbocycles. The predicted octanol–water partition coefficient (Wildman–Crippen LogP) is -1.82. The first-order valence-electron chi connectivity index (χ1n) is 14.8. The highest BCUT2D eigenvalue weighted by Gasteiger charge is 2.29. The van der Waals surface area contributed by atoms with Crippen LogP contribution in [-0.2, 0) is 30.4 Å². The number of benzene rings is 1. The summed E-state index contributed by atoms with van der Waals surface area (Å²) in [5, 5.41) is 38.5. The van der Waals surface area contributed by atoms with Gasteiger partial charge in [0.2, 0.25) is 23.6 Å². The number of aromatic hydroxyl groups is 1. The van der Waals surface area contributed by atoms with E-state index in [1.54, 1.807) is 12.1 Å². The number of aliphatic imine (C=N–C) groups is 1. The summed E-state index contributed by atoms with van der Waals surface area (Å²) in [5.41, 5.74) is 17.3. The van der Waals surface area contributed by atoms with E-state index in [1.165, 1.54) is 19.1 Å². The van der Waals surface area contributed by atoms with E-state index in [0.717, 1.165) is 0 Å². The minimum Gasteiger partial charge on any atom is -0.508 e. The van der Waals surface area contributed by atoms with Crippen LogP contribution in [0.1, 0.15) is 58.4 Å². The number of carboxylic acid groups (broad SMARTS) is 1. The van der Waals surface area contributed by atoms with E-state index in [1.807, 2.05) is 13.8 Å². The fraction of sp³-hybridized carbons (Fsp3) is 0.586. The normalized spacial score (nSPS) is 14.3. The first kappa shape index (κ1) is 38.6. The van der Waals surface area contributed by atoms with Crippen LogP contribution in [0.5, 0.6) is 5.75 Å². The number of phenols is 1. The second-order valence-electron chi connectivity index (χ2n) is 11.2. The standard InChI is InChI=1S/C29H48N8O8/c1-16(2)14-21(26(42)33-12-5-7-23(40)37-24(17(3)38)28(44)45)36-27(43)22(15-18-8-10-19(39)11-9-18)35-25(41)20(30)6-4-13-34-29(31)32/h8-11,16-17,20-22,24,38-39H,4-7,12-15,30H2,1-3H3,(H,33,42)(H,35,41)(H,36,43)(H,37,40)(H,44,45)(H4,31,32,34)/t17-,20+,21+,22+,24+/m1/s1. The van der Waals surface area contributed by atoms with E-state index < -0.39 is 59.9 Å². The maximum absolute atomic E-state index is 13.5. The lowest BCUT2D eigenvalue weighted by molar-refractivity contribution is -0.144. The van der Waals surface area contributed by atoms with Crippen molar-refractivity contribution in [3.63, 3.8) is 0 Å². The number of phenolic OH excluding ortho intramolecular Hbond substituents is 1. The Labute approximate surface area is 262 Å². The number of carbonyl (C=O) groups excluding carboxylic acids is 4. The molecule has 1 aromatic rings. The Morgan fingerprint density at radius 2 is 1.51 bits per heavy atom. The Morgan fingerprint density at radius 1 is 0.889 bits per heavy atom. The van der Waals surface area contributed by atoms with Gasteiger partial charge in [-0.25, -0.2) is 4.79 Å². The van der Waals surface area contributed by atoms with Gasteiger partial charge in [-0.15, -0.1) is 0 Å². The van der Waals surface area contributed by atoms with E-state index in [2.05, 4.69) is 26.3 Å². The summed E-state index contributed by atoms with van der Waals surface area (Å²) in [6.45, 7) is 5.33. The first-order chi connectivity index (χ1) is 21.1. The Hall–Kier alpha value is -4.44. The number of amides is 4. The number of guanidine groups is 1. The van der Waals surface area contributed by atoms with Crippen LogP contribution in [0, 0.1) is 5.92 Å². The summed E-state index contributed by atoms with van der Waals surface area (Å²) >= 11 is 0. The Bertz CT molecular complexity index is 1160. The summed E-state index contributed by atoms with van der Waals surface area (Å²) in [4.78, 5) is 66.5. The summed E-state index contributed by atoms with van der Waals surface area (Å²) in [5.74, 6) is -3.73. The largest absolute Gasteiger partial charge is 0.508 e. The Morgan fingerprint density at radius 3 is 2.07 bits per heavy atom. The molecule has 0 saturated heterocycles. The van der Waals surface area contributed by atoms with Crippen LogP contribution in [0.25, 0.3) is 0 Å². The average Bonchev–Trinajstić information content (AvgIpc) is 2.95. The summed E-state index contributed by atoms with van der Waals surface area (Å²) < 4.78 is 0. The van der Waals surface area contributed by atoms with Gasteiger partial charge in [0.05, 0.1) is 12.1 Å². The van der Waals surface area contributed by atoms with Gasteiger partial charge in [-0.3, -0.25) is 24.2 Å². The summed E-state index contributed by atoms with van der Waals surface area (Å²) in [7, 11) is 0. The zero-order valence-corrected chi connectivity index (χ0v) is 26.0. The third-order valence-corrected chi connectivity index (χ3v) is 6.60. The number of nitrogens with zero attached hydrogens (tertiary/aromatic N) is 1. The topological polar surface area (TPSA) is 285 Å². The van der Waals surface area contributed by atoms with Gasteiger partial charge in [-0.05, 0) is 56.2 Å². The molecule has 45 heavy (non-hydrogen) atoms. The van der Waals surface area contributed by atoms with Crippen LogP contribution in [0.2, 0.25) is 0 Å². The van der Waals surface area contributed by atoms with Gasteiger partial charge in [0.1, 0.15) is 17.8 Å². The van der Waals surface area contributed by atoms with E-state index in [0.29, 0.717) is 12.0 Å². The highest BCUT2D eigenvalue weighted by Crippen LogP contribution is 2.13. The van der Waals surface area contributed by atoms with Crippen molar-refractivity contribution in [1.82, 2.24) is 21.3 Å². The lowest BCUT2D eigenvalue weighted by Crippen LogP contribution is -2.56. The highest BCUT2D eigenvalue weighted by atomic mass is 16.4. The Balaban J connectivity index is 2.90. The molecule has 16 nitrogen and oxygen atoms in total. The molecule has 1 rings (SSSR count). The maximum Gasteiger partial charge on any atom is 0.328 e. The molecule has 13 N–H and O–H groups in total. The van der Waals surface area contributed by atoms with Crippen molar-refractivity contribution in [2.75, 3.05) is 13.1 Å². The molecule has 0 heterocycles. The molecular formula is C29H48N8O8. The van der Waals surface area contributed by atoms with E-state index >= 15 is 0 Å². The zero-order valence-electron chi connectivity index (χ0n) is 26.0. The monoisotopic (exact) mass is 636 g/mol. The molecule has 252 valence electrons. The van der Waals surface area contributed by atoms with Gasteiger partial charge >= 0.3 is 5.97 Å². The lowest BCUT2D eigenvalue weighted by Gasteiger charge is -2.25. The van der Waals surface area contributed by atoms with Gasteiger partial charge in [0.25, 0.3) is 0 Å². The molecule has 0 spiro atoms. The molecule has 0 aliphatic heterocycles. The number of carboxylic acids is 1. The van der Waals surface area contributed by atoms with Crippen LogP contribution in [0.4, 0.5) is 0 Å². The summed E-state index contributed by atoms with van der Waals surface area (Å²) in [6, 6.07) is 1.63. The van der Waals surface area contributed by atoms with Crippen LogP contribution in [0.3, 0.4) is 0 Å². The van der Waals surface area contributed by atoms with Crippen LogP contribution < -0.4 is 38.5 Å². The summed E-state index contributed by atoms with van der Waals surface area (Å²) in [6.07, 6.45) is -0.217. The third kappa shape index (κ3) is 15.7. The van der Waals surface area contributed by atoms with Crippen molar-refractivity contribution < 1.29 is 39.3 Å². The average molecular weight is 637 g/mol. The number of aliphatic hydroxyl groups excluding tert-OH is 1. The number of rotatable bonds is 20. The molecule has 0 radical (unpaired) electrons. The fourth-order valence-electron chi connectivity index (χ4n) is 4.20. The smallest absolute Gasteiger partial charge is 0.328 e. The first-order valence-corrected chi connectivity index (χ1v) is 14.8. The molecule has 0 aromatic heterocycles. The van der Waals surface area contributed by atoms with E-state index in [-0.39, 0.29) is 62.8 Å². The molecular weight excluding hydrogens is 588 g/mol. The molecule has 0 unspecified atom stereocenters. The van der Waals surface area contributed by atoms with Gasteiger partial charge in [0, 0.05) is 25.9 Å². The Kier molecular flexibility index (Phi) is 16.9. The number of hydrogen-bond donors (Lipinski definition) is 10. The van der Waals surface area contributed by atoms with Crippen molar-refractivity contribution in [2.45, 2.75) is 89.6 Å². The van der Waals surface area contributed by atoms with Crippen molar-refractivity contribution in [2.24, 2.45) is 28.1 Å². The number of carbonyl (C=O) groups is 5. The van der Waals surface area contributed by atoms with Crippen molar-refractivity contribution in [3.05, 3.63) is 29.8 Å². The van der Waals surface area contributed by atoms with E-state index in [9.17, 15) is 34.2 Å². The minimum absolute atomic E-state index is 0.00373. The predicted molar refractivity (Wildman–Crippen MR) is 167 cm³/mol. The second kappa shape index (κ2) is 19.8. The van der Waals surface area contributed by atoms with Gasteiger partial charge in [-0.2, -0.15) is 0 Å². The molecule has 4 amide bonds. The van der Waals surface area contributed by atoms with E-state index in [4.69, 9.17) is 22.3 Å². The number of nitrogens with two attached hydrogens (primary N) is 3. The molecule has 0 fully saturated rings. The molecule has 1 aromatic carbocycles. The van der Waals surface area contributed by atoms with Crippen molar-refractivity contribution in [1.29, 1.82) is 0 Å². The molecule has 0 aliphatic rings. The lowest BCUT2D eigenvalue weighted by atomic mass is 10.0. The van der Waals surface area contributed by atoms with Gasteiger partial charge in [0.15, 0.2) is 12.0 Å². The highest BCUT2D eigenvalue weighted by molar-refractivity contribution is 5.93. The van der Waals surface area contributed by atoms with Crippen molar-refractivity contribution in [3.8, 4) is 5.75 Å². The minimum atomic E-state index is -1.45. The van der Waals surface area contributed by atoms with Gasteiger partial charge < -0.3 is 53.8 Å². The zero-order chi connectivity index (χ0) is 34.1. The van der Waals surface area contributed by atoms with Crippen molar-refractivity contribution >= 4 is 35.6 Å². The van der Waals surface area contributed by atoms with Crippen LogP contribution in [-0.4, -0.2) is 94.2 Å².